The quantitative estimate of drug-likeness (QED) is 0.888. The molecular weight excluding hydrogens is 284 g/mol. The van der Waals surface area contributed by atoms with Gasteiger partial charge in [0, 0.05) is 32.3 Å². The van der Waals surface area contributed by atoms with Crippen molar-refractivity contribution < 1.29 is 14.3 Å². The maximum atomic E-state index is 12.5. The molecule has 3 rings (SSSR count). The lowest BCUT2D eigenvalue weighted by atomic mass is 10.2. The van der Waals surface area contributed by atoms with E-state index in [9.17, 15) is 4.79 Å². The number of morpholine rings is 1. The Hall–Kier alpha value is -1.73. The van der Waals surface area contributed by atoms with Crippen LogP contribution in [-0.4, -0.2) is 66.3 Å². The summed E-state index contributed by atoms with van der Waals surface area (Å²) in [5.41, 5.74) is 0.434. The number of carbonyl (C=O) groups is 1. The molecule has 1 atom stereocenters. The van der Waals surface area contributed by atoms with E-state index in [4.69, 9.17) is 9.47 Å². The first-order valence-electron chi connectivity index (χ1n) is 7.80. The van der Waals surface area contributed by atoms with Gasteiger partial charge in [-0.2, -0.15) is 0 Å². The van der Waals surface area contributed by atoms with Crippen molar-refractivity contribution in [3.63, 3.8) is 0 Å². The van der Waals surface area contributed by atoms with Crippen LogP contribution in [0.15, 0.2) is 6.07 Å². The second kappa shape index (κ2) is 7.02. The van der Waals surface area contributed by atoms with Gasteiger partial charge in [0.25, 0.3) is 5.91 Å². The van der Waals surface area contributed by atoms with Crippen LogP contribution in [0.2, 0.25) is 0 Å². The molecule has 2 fully saturated rings. The number of anilines is 1. The van der Waals surface area contributed by atoms with Crippen molar-refractivity contribution in [2.75, 3.05) is 44.8 Å². The number of aromatic nitrogens is 2. The minimum atomic E-state index is -0.0611. The Kier molecular flexibility index (Phi) is 4.84. The number of ether oxygens (including phenoxy) is 2. The van der Waals surface area contributed by atoms with Gasteiger partial charge in [-0.25, -0.2) is 9.97 Å². The monoisotopic (exact) mass is 306 g/mol. The molecule has 1 unspecified atom stereocenters. The second-order valence-corrected chi connectivity index (χ2v) is 5.61. The highest BCUT2D eigenvalue weighted by Gasteiger charge is 2.21. The Balaban J connectivity index is 1.67. The van der Waals surface area contributed by atoms with E-state index in [2.05, 4.69) is 15.3 Å². The molecule has 0 saturated carbocycles. The summed E-state index contributed by atoms with van der Waals surface area (Å²) in [5.74, 6) is 1.21. The Bertz CT molecular complexity index is 526. The van der Waals surface area contributed by atoms with Crippen molar-refractivity contribution in [2.45, 2.75) is 25.9 Å². The molecule has 0 bridgehead atoms. The Morgan fingerprint density at radius 1 is 1.36 bits per heavy atom. The van der Waals surface area contributed by atoms with Crippen LogP contribution >= 0.6 is 0 Å². The van der Waals surface area contributed by atoms with Gasteiger partial charge in [-0.3, -0.25) is 4.79 Å². The van der Waals surface area contributed by atoms with Crippen molar-refractivity contribution in [1.29, 1.82) is 0 Å². The molecule has 2 saturated heterocycles. The van der Waals surface area contributed by atoms with Gasteiger partial charge in [0.15, 0.2) is 0 Å². The third-order valence-corrected chi connectivity index (χ3v) is 3.89. The zero-order chi connectivity index (χ0) is 15.4. The van der Waals surface area contributed by atoms with Crippen LogP contribution < -0.4 is 5.32 Å². The summed E-state index contributed by atoms with van der Waals surface area (Å²) in [4.78, 5) is 22.9. The number of carbonyl (C=O) groups excluding carboxylic acids is 1. The molecule has 1 aromatic heterocycles. The topological polar surface area (TPSA) is 76.6 Å². The van der Waals surface area contributed by atoms with Gasteiger partial charge in [-0.05, 0) is 19.8 Å². The number of hydrogen-bond donors (Lipinski definition) is 1. The molecule has 2 aliphatic rings. The van der Waals surface area contributed by atoms with E-state index in [0.717, 1.165) is 19.4 Å². The summed E-state index contributed by atoms with van der Waals surface area (Å²) in [6.45, 7) is 5.73. The number of nitrogens with one attached hydrogen (secondary N) is 1. The molecule has 7 heteroatoms. The van der Waals surface area contributed by atoms with Crippen LogP contribution in [0.1, 0.15) is 29.2 Å². The standard InChI is InChI=1S/C15H22N4O3/c1-11-17-13(15(20)19-4-7-21-8-5-19)9-14(18-11)16-10-12-3-2-6-22-12/h9,12H,2-8,10H2,1H3,(H,16,17,18). The maximum absolute atomic E-state index is 12.5. The number of amides is 1. The fourth-order valence-electron chi connectivity index (χ4n) is 2.72. The molecule has 0 aromatic carbocycles. The number of nitrogens with zero attached hydrogens (tertiary/aromatic N) is 3. The van der Waals surface area contributed by atoms with Gasteiger partial charge in [0.1, 0.15) is 17.3 Å². The van der Waals surface area contributed by atoms with Gasteiger partial charge < -0.3 is 19.7 Å². The van der Waals surface area contributed by atoms with Crippen molar-refractivity contribution in [2.24, 2.45) is 0 Å². The van der Waals surface area contributed by atoms with Gasteiger partial charge in [-0.15, -0.1) is 0 Å². The minimum Gasteiger partial charge on any atom is -0.378 e. The van der Waals surface area contributed by atoms with E-state index < -0.39 is 0 Å². The summed E-state index contributed by atoms with van der Waals surface area (Å²) in [6.07, 6.45) is 2.40. The lowest BCUT2D eigenvalue weighted by Gasteiger charge is -2.26. The third kappa shape index (κ3) is 3.72. The summed E-state index contributed by atoms with van der Waals surface area (Å²) in [6, 6.07) is 1.72. The highest BCUT2D eigenvalue weighted by molar-refractivity contribution is 5.93. The van der Waals surface area contributed by atoms with Crippen LogP contribution in [0, 0.1) is 6.92 Å². The Morgan fingerprint density at radius 2 is 2.18 bits per heavy atom. The summed E-state index contributed by atoms with van der Waals surface area (Å²) >= 11 is 0. The second-order valence-electron chi connectivity index (χ2n) is 5.61. The Morgan fingerprint density at radius 3 is 2.91 bits per heavy atom. The van der Waals surface area contributed by atoms with Crippen molar-refractivity contribution in [3.8, 4) is 0 Å². The average Bonchev–Trinajstić information content (AvgIpc) is 3.06. The first kappa shape index (κ1) is 15.2. The molecule has 3 heterocycles. The predicted molar refractivity (Wildman–Crippen MR) is 81.0 cm³/mol. The van der Waals surface area contributed by atoms with E-state index >= 15 is 0 Å². The lowest BCUT2D eigenvalue weighted by molar-refractivity contribution is 0.0299. The van der Waals surface area contributed by atoms with Crippen LogP contribution in [-0.2, 0) is 9.47 Å². The molecule has 7 nitrogen and oxygen atoms in total. The van der Waals surface area contributed by atoms with Gasteiger partial charge in [-0.1, -0.05) is 0 Å². The molecule has 0 spiro atoms. The molecule has 1 aromatic rings. The van der Waals surface area contributed by atoms with Crippen molar-refractivity contribution in [3.05, 3.63) is 17.6 Å². The number of hydrogen-bond acceptors (Lipinski definition) is 6. The largest absolute Gasteiger partial charge is 0.378 e. The summed E-state index contributed by atoms with van der Waals surface area (Å²) in [5, 5.41) is 3.25. The van der Waals surface area contributed by atoms with E-state index in [-0.39, 0.29) is 12.0 Å². The summed E-state index contributed by atoms with van der Waals surface area (Å²) in [7, 11) is 0. The average molecular weight is 306 g/mol. The number of aryl methyl sites for hydroxylation is 1. The molecule has 2 aliphatic heterocycles. The Labute approximate surface area is 130 Å². The van der Waals surface area contributed by atoms with Crippen LogP contribution in [0.3, 0.4) is 0 Å². The van der Waals surface area contributed by atoms with Gasteiger partial charge >= 0.3 is 0 Å². The van der Waals surface area contributed by atoms with Crippen molar-refractivity contribution >= 4 is 11.7 Å². The predicted octanol–water partition coefficient (Wildman–Crippen LogP) is 0.848. The zero-order valence-electron chi connectivity index (χ0n) is 12.9. The normalized spacial score (nSPS) is 21.9. The fraction of sp³-hybridized carbons (Fsp3) is 0.667. The molecular formula is C15H22N4O3. The molecule has 1 amide bonds. The van der Waals surface area contributed by atoms with E-state index in [1.807, 2.05) is 0 Å². The molecule has 120 valence electrons. The maximum Gasteiger partial charge on any atom is 0.272 e. The van der Waals surface area contributed by atoms with Crippen LogP contribution in [0.4, 0.5) is 5.82 Å². The smallest absolute Gasteiger partial charge is 0.272 e. The van der Waals surface area contributed by atoms with Crippen LogP contribution in [0.25, 0.3) is 0 Å². The SMILES string of the molecule is Cc1nc(NCC2CCCO2)cc(C(=O)N2CCOCC2)n1. The highest BCUT2D eigenvalue weighted by Crippen LogP contribution is 2.14. The number of rotatable bonds is 4. The van der Waals surface area contributed by atoms with Crippen LogP contribution in [0.5, 0.6) is 0 Å². The van der Waals surface area contributed by atoms with Gasteiger partial charge in [0.05, 0.1) is 19.3 Å². The zero-order valence-corrected chi connectivity index (χ0v) is 12.9. The first-order chi connectivity index (χ1) is 10.7. The molecule has 0 aliphatic carbocycles. The first-order valence-corrected chi connectivity index (χ1v) is 7.80. The summed E-state index contributed by atoms with van der Waals surface area (Å²) < 4.78 is 10.9. The molecule has 22 heavy (non-hydrogen) atoms. The lowest BCUT2D eigenvalue weighted by Crippen LogP contribution is -2.41. The van der Waals surface area contributed by atoms with E-state index in [0.29, 0.717) is 50.2 Å². The fourth-order valence-corrected chi connectivity index (χ4v) is 2.72. The highest BCUT2D eigenvalue weighted by atomic mass is 16.5. The minimum absolute atomic E-state index is 0.0611. The van der Waals surface area contributed by atoms with E-state index in [1.165, 1.54) is 0 Å². The van der Waals surface area contributed by atoms with E-state index in [1.54, 1.807) is 17.9 Å². The third-order valence-electron chi connectivity index (χ3n) is 3.89. The van der Waals surface area contributed by atoms with Gasteiger partial charge in [0.2, 0.25) is 0 Å². The molecule has 0 radical (unpaired) electrons. The van der Waals surface area contributed by atoms with Crippen molar-refractivity contribution in [1.82, 2.24) is 14.9 Å². The molecule has 1 N–H and O–H groups in total.